The van der Waals surface area contributed by atoms with Crippen LogP contribution in [0, 0.1) is 0 Å². The van der Waals surface area contributed by atoms with Crippen molar-refractivity contribution in [3.63, 3.8) is 0 Å². The molecular weight excluding hydrogens is 338 g/mol. The number of fused-ring (bicyclic) bond motifs is 2. The van der Waals surface area contributed by atoms with E-state index in [2.05, 4.69) is 13.2 Å². The highest BCUT2D eigenvalue weighted by molar-refractivity contribution is 5.91. The van der Waals surface area contributed by atoms with Gasteiger partial charge in [0.15, 0.2) is 5.60 Å². The first kappa shape index (κ1) is 17.3. The summed E-state index contributed by atoms with van der Waals surface area (Å²) in [5, 5.41) is 0. The Morgan fingerprint density at radius 1 is 1.12 bits per heavy atom. The molecule has 0 radical (unpaired) electrons. The molecule has 26 heavy (non-hydrogen) atoms. The van der Waals surface area contributed by atoms with Gasteiger partial charge in [-0.05, 0) is 19.3 Å². The molecule has 140 valence electrons. The van der Waals surface area contributed by atoms with E-state index >= 15 is 0 Å². The number of hydrogen-bond donors (Lipinski definition) is 0. The van der Waals surface area contributed by atoms with E-state index in [0.717, 1.165) is 0 Å². The number of rotatable bonds is 2. The Morgan fingerprint density at radius 3 is 2.46 bits per heavy atom. The van der Waals surface area contributed by atoms with Gasteiger partial charge < -0.3 is 19.1 Å². The number of carbonyl (C=O) groups excluding carboxylic acids is 3. The van der Waals surface area contributed by atoms with Crippen molar-refractivity contribution in [2.75, 3.05) is 7.11 Å². The fourth-order valence-corrected chi connectivity index (χ4v) is 5.06. The first-order valence-corrected chi connectivity index (χ1v) is 9.01. The Balaban J connectivity index is 1.70. The first-order chi connectivity index (χ1) is 12.4. The van der Waals surface area contributed by atoms with Crippen LogP contribution in [-0.4, -0.2) is 59.7 Å². The van der Waals surface area contributed by atoms with Gasteiger partial charge in [-0.1, -0.05) is 13.2 Å². The molecular formula is C19H23NO6. The van der Waals surface area contributed by atoms with Gasteiger partial charge in [-0.2, -0.15) is 0 Å². The van der Waals surface area contributed by atoms with Gasteiger partial charge >= 0.3 is 11.9 Å². The van der Waals surface area contributed by atoms with Crippen LogP contribution in [-0.2, 0) is 28.6 Å². The highest BCUT2D eigenvalue weighted by Gasteiger charge is 2.62. The van der Waals surface area contributed by atoms with Crippen molar-refractivity contribution in [1.82, 2.24) is 4.90 Å². The highest BCUT2D eigenvalue weighted by atomic mass is 16.6. The Hall–Kier alpha value is -2.15. The molecule has 5 atom stereocenters. The summed E-state index contributed by atoms with van der Waals surface area (Å²) in [6, 6.07) is -0.529. The van der Waals surface area contributed by atoms with Crippen molar-refractivity contribution in [3.8, 4) is 0 Å². The summed E-state index contributed by atoms with van der Waals surface area (Å²) in [5.41, 5.74) is -0.0694. The van der Waals surface area contributed by atoms with Gasteiger partial charge in [-0.3, -0.25) is 4.79 Å². The van der Waals surface area contributed by atoms with Crippen LogP contribution in [0.3, 0.4) is 0 Å². The van der Waals surface area contributed by atoms with E-state index in [1.54, 1.807) is 12.0 Å². The van der Waals surface area contributed by atoms with Crippen LogP contribution in [0.4, 0.5) is 0 Å². The zero-order valence-corrected chi connectivity index (χ0v) is 14.9. The molecule has 1 spiro atoms. The first-order valence-electron chi connectivity index (χ1n) is 9.01. The molecule has 0 bridgehead atoms. The lowest BCUT2D eigenvalue weighted by Gasteiger charge is -2.42. The Kier molecular flexibility index (Phi) is 3.95. The molecule has 4 rings (SSSR count). The number of nitrogens with zero attached hydrogens (tertiary/aromatic N) is 1. The van der Waals surface area contributed by atoms with Crippen molar-refractivity contribution in [2.24, 2.45) is 0 Å². The molecule has 0 aliphatic carbocycles. The van der Waals surface area contributed by atoms with Crippen molar-refractivity contribution in [1.29, 1.82) is 0 Å². The van der Waals surface area contributed by atoms with E-state index in [4.69, 9.17) is 14.2 Å². The minimum atomic E-state index is -0.913. The summed E-state index contributed by atoms with van der Waals surface area (Å²) in [4.78, 5) is 38.6. The second kappa shape index (κ2) is 5.94. The molecule has 0 saturated carbocycles. The molecule has 4 fully saturated rings. The molecule has 0 N–H and O–H groups in total. The quantitative estimate of drug-likeness (QED) is 0.544. The molecule has 7 nitrogen and oxygen atoms in total. The third-order valence-corrected chi connectivity index (χ3v) is 6.22. The van der Waals surface area contributed by atoms with Gasteiger partial charge in [0.2, 0.25) is 5.91 Å². The summed E-state index contributed by atoms with van der Waals surface area (Å²) in [7, 11) is 1.58. The van der Waals surface area contributed by atoms with Crippen molar-refractivity contribution >= 4 is 17.8 Å². The van der Waals surface area contributed by atoms with E-state index in [1.807, 2.05) is 0 Å². The Labute approximate surface area is 151 Å². The minimum absolute atomic E-state index is 0.0152. The lowest BCUT2D eigenvalue weighted by molar-refractivity contribution is -0.173. The number of methoxy groups -OCH3 is 1. The third-order valence-electron chi connectivity index (χ3n) is 6.22. The van der Waals surface area contributed by atoms with E-state index in [9.17, 15) is 14.4 Å². The summed E-state index contributed by atoms with van der Waals surface area (Å²) in [6.45, 7) is 7.55. The molecule has 0 unspecified atom stereocenters. The van der Waals surface area contributed by atoms with Crippen LogP contribution in [0.5, 0.6) is 0 Å². The number of amides is 1. The van der Waals surface area contributed by atoms with E-state index in [0.29, 0.717) is 49.7 Å². The normalized spacial score (nSPS) is 40.0. The average Bonchev–Trinajstić information content (AvgIpc) is 3.24. The Morgan fingerprint density at radius 2 is 1.88 bits per heavy atom. The number of ether oxygens (including phenoxy) is 3. The summed E-state index contributed by atoms with van der Waals surface area (Å²) in [6.07, 6.45) is 2.15. The van der Waals surface area contributed by atoms with Crippen LogP contribution < -0.4 is 0 Å². The minimum Gasteiger partial charge on any atom is -0.456 e. The van der Waals surface area contributed by atoms with E-state index in [-0.39, 0.29) is 30.2 Å². The van der Waals surface area contributed by atoms with Gasteiger partial charge in [-0.25, -0.2) is 9.59 Å². The predicted octanol–water partition coefficient (Wildman–Crippen LogP) is 1.27. The zero-order chi connectivity index (χ0) is 18.6. The highest BCUT2D eigenvalue weighted by Crippen LogP contribution is 2.48. The third kappa shape index (κ3) is 2.33. The Bertz CT molecular complexity index is 681. The van der Waals surface area contributed by atoms with E-state index in [1.165, 1.54) is 0 Å². The lowest BCUT2D eigenvalue weighted by atomic mass is 9.82. The molecule has 4 aliphatic heterocycles. The second-order valence-corrected chi connectivity index (χ2v) is 7.60. The molecule has 4 heterocycles. The molecule has 0 aromatic heterocycles. The molecule has 0 aromatic carbocycles. The molecule has 4 saturated heterocycles. The molecule has 1 amide bonds. The summed E-state index contributed by atoms with van der Waals surface area (Å²) in [5.74, 6) is -0.838. The fourth-order valence-electron chi connectivity index (χ4n) is 5.06. The van der Waals surface area contributed by atoms with Crippen molar-refractivity contribution in [2.45, 2.75) is 68.4 Å². The van der Waals surface area contributed by atoms with Crippen LogP contribution in [0.1, 0.15) is 38.5 Å². The van der Waals surface area contributed by atoms with Crippen molar-refractivity contribution in [3.05, 3.63) is 24.3 Å². The zero-order valence-electron chi connectivity index (χ0n) is 14.9. The maximum atomic E-state index is 12.9. The average molecular weight is 361 g/mol. The summed E-state index contributed by atoms with van der Waals surface area (Å²) < 4.78 is 16.9. The smallest absolute Gasteiger partial charge is 0.334 e. The molecule has 4 aliphatic rings. The van der Waals surface area contributed by atoms with Gasteiger partial charge in [0, 0.05) is 37.5 Å². The second-order valence-electron chi connectivity index (χ2n) is 7.60. The maximum absolute atomic E-state index is 12.9. The van der Waals surface area contributed by atoms with E-state index < -0.39 is 17.5 Å². The van der Waals surface area contributed by atoms with Gasteiger partial charge in [-0.15, -0.1) is 0 Å². The van der Waals surface area contributed by atoms with Crippen LogP contribution in [0.15, 0.2) is 24.3 Å². The molecule has 7 heteroatoms. The number of esters is 2. The predicted molar refractivity (Wildman–Crippen MR) is 89.9 cm³/mol. The van der Waals surface area contributed by atoms with Crippen LogP contribution in [0.25, 0.3) is 0 Å². The SMILES string of the molecule is C=C1C[C@H]([C@@H]2CC[C@@H]3N2C(=O)CC[C@@H](OC)[C@@]32CC(=C)C(=O)O2)OC1=O. The van der Waals surface area contributed by atoms with Crippen LogP contribution in [0.2, 0.25) is 0 Å². The monoisotopic (exact) mass is 361 g/mol. The summed E-state index contributed by atoms with van der Waals surface area (Å²) >= 11 is 0. The van der Waals surface area contributed by atoms with Gasteiger partial charge in [0.25, 0.3) is 0 Å². The largest absolute Gasteiger partial charge is 0.456 e. The fraction of sp³-hybridized carbons (Fsp3) is 0.632. The molecule has 0 aromatic rings. The van der Waals surface area contributed by atoms with Crippen LogP contribution >= 0.6 is 0 Å². The van der Waals surface area contributed by atoms with Crippen molar-refractivity contribution < 1.29 is 28.6 Å². The number of carbonyl (C=O) groups is 3. The topological polar surface area (TPSA) is 82.1 Å². The van der Waals surface area contributed by atoms with Gasteiger partial charge in [0.05, 0.1) is 18.2 Å². The number of hydrogen-bond acceptors (Lipinski definition) is 6. The van der Waals surface area contributed by atoms with Gasteiger partial charge in [0.1, 0.15) is 6.10 Å². The maximum Gasteiger partial charge on any atom is 0.334 e. The standard InChI is InChI=1S/C19H23NO6/c1-10-8-13(25-17(10)22)12-4-5-14-19(9-11(2)18(23)26-19)15(24-3)6-7-16(21)20(12)14/h12-15H,1-2,4-9H2,3H3/t12-,13+,14-,15+,19+/m0/s1. The number of cyclic esters (lactones) is 1. The lowest BCUT2D eigenvalue weighted by Crippen LogP contribution is -2.58.